The lowest BCUT2D eigenvalue weighted by atomic mass is 10.2. The minimum atomic E-state index is -5.08. The Labute approximate surface area is 102 Å². The van der Waals surface area contributed by atoms with E-state index >= 15 is 0 Å². The normalized spacial score (nSPS) is 13.0. The van der Waals surface area contributed by atoms with Crippen molar-refractivity contribution in [3.8, 4) is 0 Å². The number of nitrogens with one attached hydrogen (secondary N) is 1. The molecule has 0 aliphatic heterocycles. The first-order chi connectivity index (χ1) is 8.29. The third-order valence-electron chi connectivity index (χ3n) is 1.33. The summed E-state index contributed by atoms with van der Waals surface area (Å²) in [5.74, 6) is -2.76. The van der Waals surface area contributed by atoms with Crippen molar-refractivity contribution in [3.63, 3.8) is 0 Å². The molecule has 0 fully saturated rings. The number of amides is 1. The molecule has 6 nitrogen and oxygen atoms in total. The van der Waals surface area contributed by atoms with Crippen LogP contribution in [0.3, 0.4) is 0 Å². The van der Waals surface area contributed by atoms with Crippen LogP contribution in [0.25, 0.3) is 0 Å². The SMILES string of the molecule is NCC(CC(F)(F)F)NC(=O)O.O=C(O)C(F)(F)F. The molecule has 0 aromatic carbocycles. The summed E-state index contributed by atoms with van der Waals surface area (Å²) in [4.78, 5) is 18.8. The second-order valence-corrected chi connectivity index (χ2v) is 3.00. The molecule has 0 bridgehead atoms. The summed E-state index contributed by atoms with van der Waals surface area (Å²) in [6, 6.07) is -1.26. The fourth-order valence-electron chi connectivity index (χ4n) is 0.647. The molecule has 0 aliphatic rings. The molecular weight excluding hydrogens is 290 g/mol. The van der Waals surface area contributed by atoms with Gasteiger partial charge in [-0.05, 0) is 0 Å². The molecule has 5 N–H and O–H groups in total. The van der Waals surface area contributed by atoms with Gasteiger partial charge in [-0.25, -0.2) is 9.59 Å². The molecule has 1 unspecified atom stereocenters. The first-order valence-electron chi connectivity index (χ1n) is 4.36. The highest BCUT2D eigenvalue weighted by atomic mass is 19.4. The van der Waals surface area contributed by atoms with E-state index in [1.807, 2.05) is 0 Å². The van der Waals surface area contributed by atoms with Crippen LogP contribution < -0.4 is 11.1 Å². The molecule has 0 radical (unpaired) electrons. The van der Waals surface area contributed by atoms with E-state index in [9.17, 15) is 31.1 Å². The Morgan fingerprint density at radius 2 is 1.47 bits per heavy atom. The standard InChI is InChI=1S/C5H9F3N2O2.C2HF3O2/c6-5(7,8)1-3(2-9)10-4(11)12;3-2(4,5)1(6)7/h3,10H,1-2,9H2,(H,11,12);(H,6,7). The largest absolute Gasteiger partial charge is 0.490 e. The lowest BCUT2D eigenvalue weighted by molar-refractivity contribution is -0.192. The maximum atomic E-state index is 11.7. The first kappa shape index (κ1) is 19.6. The summed E-state index contributed by atoms with van der Waals surface area (Å²) < 4.78 is 66.7. The zero-order chi connectivity index (χ0) is 15.9. The highest BCUT2D eigenvalue weighted by Crippen LogP contribution is 2.20. The quantitative estimate of drug-likeness (QED) is 0.584. The lowest BCUT2D eigenvalue weighted by Gasteiger charge is -2.15. The van der Waals surface area contributed by atoms with E-state index in [2.05, 4.69) is 0 Å². The molecule has 19 heavy (non-hydrogen) atoms. The number of nitrogens with two attached hydrogens (primary N) is 1. The first-order valence-corrected chi connectivity index (χ1v) is 4.36. The van der Waals surface area contributed by atoms with Crippen molar-refractivity contribution in [3.05, 3.63) is 0 Å². The van der Waals surface area contributed by atoms with Gasteiger partial charge in [0, 0.05) is 6.54 Å². The van der Waals surface area contributed by atoms with Crippen LogP contribution in [-0.4, -0.2) is 47.2 Å². The van der Waals surface area contributed by atoms with E-state index in [0.717, 1.165) is 0 Å². The predicted octanol–water partition coefficient (Wildman–Crippen LogP) is 1.17. The minimum absolute atomic E-state index is 0.369. The molecule has 114 valence electrons. The van der Waals surface area contributed by atoms with E-state index < -0.39 is 36.9 Å². The Hall–Kier alpha value is -1.72. The monoisotopic (exact) mass is 300 g/mol. The van der Waals surface area contributed by atoms with Crippen molar-refractivity contribution in [2.75, 3.05) is 6.54 Å². The Kier molecular flexibility index (Phi) is 7.91. The van der Waals surface area contributed by atoms with Crippen LogP contribution in [0.1, 0.15) is 6.42 Å². The number of hydrogen-bond acceptors (Lipinski definition) is 3. The van der Waals surface area contributed by atoms with Gasteiger partial charge in [-0.15, -0.1) is 0 Å². The Bertz CT molecular complexity index is 303. The van der Waals surface area contributed by atoms with Gasteiger partial charge < -0.3 is 21.3 Å². The number of aliphatic carboxylic acids is 1. The second kappa shape index (κ2) is 7.66. The van der Waals surface area contributed by atoms with E-state index in [4.69, 9.17) is 20.7 Å². The van der Waals surface area contributed by atoms with Crippen LogP contribution >= 0.6 is 0 Å². The van der Waals surface area contributed by atoms with Crippen LogP contribution in [0.2, 0.25) is 0 Å². The molecule has 12 heteroatoms. The fourth-order valence-corrected chi connectivity index (χ4v) is 0.647. The van der Waals surface area contributed by atoms with Crippen LogP contribution in [0.4, 0.5) is 31.1 Å². The lowest BCUT2D eigenvalue weighted by Crippen LogP contribution is -2.42. The summed E-state index contributed by atoms with van der Waals surface area (Å²) in [6.07, 6.45) is -12.2. The summed E-state index contributed by atoms with van der Waals surface area (Å²) in [5, 5.41) is 16.9. The van der Waals surface area contributed by atoms with E-state index in [1.54, 1.807) is 5.32 Å². The molecular formula is C7H10F6N2O4. The maximum absolute atomic E-state index is 11.7. The summed E-state index contributed by atoms with van der Waals surface area (Å²) in [5.41, 5.74) is 4.90. The summed E-state index contributed by atoms with van der Waals surface area (Å²) in [7, 11) is 0. The van der Waals surface area contributed by atoms with Gasteiger partial charge in [0.15, 0.2) is 0 Å². The van der Waals surface area contributed by atoms with E-state index in [0.29, 0.717) is 0 Å². The van der Waals surface area contributed by atoms with Crippen LogP contribution in [0.5, 0.6) is 0 Å². The zero-order valence-electron chi connectivity index (χ0n) is 9.05. The summed E-state index contributed by atoms with van der Waals surface area (Å²) >= 11 is 0. The molecule has 1 amide bonds. The molecule has 0 saturated heterocycles. The fraction of sp³-hybridized carbons (Fsp3) is 0.714. The average Bonchev–Trinajstić information content (AvgIpc) is 2.12. The van der Waals surface area contributed by atoms with Gasteiger partial charge in [0.2, 0.25) is 0 Å². The third-order valence-corrected chi connectivity index (χ3v) is 1.33. The zero-order valence-corrected chi connectivity index (χ0v) is 9.05. The van der Waals surface area contributed by atoms with Gasteiger partial charge in [-0.2, -0.15) is 26.3 Å². The highest BCUT2D eigenvalue weighted by molar-refractivity contribution is 5.73. The van der Waals surface area contributed by atoms with Gasteiger partial charge in [0.25, 0.3) is 0 Å². The molecule has 0 heterocycles. The smallest absolute Gasteiger partial charge is 0.475 e. The Balaban J connectivity index is 0. The van der Waals surface area contributed by atoms with E-state index in [-0.39, 0.29) is 6.54 Å². The topological polar surface area (TPSA) is 113 Å². The summed E-state index contributed by atoms with van der Waals surface area (Å²) in [6.45, 7) is -0.369. The third kappa shape index (κ3) is 14.2. The second-order valence-electron chi connectivity index (χ2n) is 3.00. The number of hydrogen-bond donors (Lipinski definition) is 4. The molecule has 1 atom stereocenters. The van der Waals surface area contributed by atoms with Crippen molar-refractivity contribution in [2.45, 2.75) is 24.8 Å². The average molecular weight is 300 g/mol. The number of carboxylic acid groups (broad SMARTS) is 2. The number of rotatable bonds is 3. The van der Waals surface area contributed by atoms with Gasteiger partial charge in [0.05, 0.1) is 12.5 Å². The van der Waals surface area contributed by atoms with Gasteiger partial charge in [-0.3, -0.25) is 0 Å². The number of carbonyl (C=O) groups is 2. The van der Waals surface area contributed by atoms with Gasteiger partial charge in [-0.1, -0.05) is 0 Å². The molecule has 0 aliphatic carbocycles. The molecule has 0 rings (SSSR count). The number of alkyl halides is 6. The van der Waals surface area contributed by atoms with Crippen molar-refractivity contribution in [1.82, 2.24) is 5.32 Å². The van der Waals surface area contributed by atoms with Crippen LogP contribution in [0.15, 0.2) is 0 Å². The predicted molar refractivity (Wildman–Crippen MR) is 48.4 cm³/mol. The molecule has 0 aromatic rings. The minimum Gasteiger partial charge on any atom is -0.475 e. The van der Waals surface area contributed by atoms with Crippen molar-refractivity contribution in [1.29, 1.82) is 0 Å². The Morgan fingerprint density at radius 3 is 1.63 bits per heavy atom. The van der Waals surface area contributed by atoms with Crippen molar-refractivity contribution < 1.29 is 46.1 Å². The molecule has 0 aromatic heterocycles. The Morgan fingerprint density at radius 1 is 1.11 bits per heavy atom. The maximum Gasteiger partial charge on any atom is 0.490 e. The number of halogens is 6. The molecule has 0 saturated carbocycles. The van der Waals surface area contributed by atoms with Crippen molar-refractivity contribution in [2.24, 2.45) is 5.73 Å². The van der Waals surface area contributed by atoms with Crippen LogP contribution in [-0.2, 0) is 4.79 Å². The number of carboxylic acids is 1. The van der Waals surface area contributed by atoms with Gasteiger partial charge in [0.1, 0.15) is 0 Å². The van der Waals surface area contributed by atoms with Gasteiger partial charge >= 0.3 is 24.4 Å². The highest BCUT2D eigenvalue weighted by Gasteiger charge is 2.38. The van der Waals surface area contributed by atoms with E-state index in [1.165, 1.54) is 0 Å². The molecule has 0 spiro atoms. The van der Waals surface area contributed by atoms with Crippen LogP contribution in [0, 0.1) is 0 Å². The van der Waals surface area contributed by atoms with Crippen molar-refractivity contribution >= 4 is 12.1 Å².